The van der Waals surface area contributed by atoms with Gasteiger partial charge < -0.3 is 9.47 Å². The fraction of sp³-hybridized carbons (Fsp3) is 0.333. The van der Waals surface area contributed by atoms with E-state index in [2.05, 4.69) is 4.98 Å². The van der Waals surface area contributed by atoms with Crippen molar-refractivity contribution in [3.05, 3.63) is 69.0 Å². The van der Waals surface area contributed by atoms with E-state index in [0.29, 0.717) is 45.4 Å². The van der Waals surface area contributed by atoms with Crippen LogP contribution in [0.15, 0.2) is 52.4 Å². The van der Waals surface area contributed by atoms with Crippen molar-refractivity contribution in [2.45, 2.75) is 42.8 Å². The highest BCUT2D eigenvalue weighted by Crippen LogP contribution is 2.27. The van der Waals surface area contributed by atoms with Crippen LogP contribution in [-0.4, -0.2) is 46.4 Å². The zero-order valence-corrected chi connectivity index (χ0v) is 19.8. The maximum atomic E-state index is 13.4. The molecule has 1 aliphatic heterocycles. The molecule has 0 radical (unpaired) electrons. The van der Waals surface area contributed by atoms with E-state index in [1.54, 1.807) is 47.9 Å². The summed E-state index contributed by atoms with van der Waals surface area (Å²) in [6.45, 7) is 2.78. The van der Waals surface area contributed by atoms with Crippen molar-refractivity contribution in [2.75, 3.05) is 13.7 Å². The zero-order valence-electron chi connectivity index (χ0n) is 18.2. The Bertz CT molecular complexity index is 1270. The Morgan fingerprint density at radius 3 is 2.79 bits per heavy atom. The van der Waals surface area contributed by atoms with Gasteiger partial charge in [0, 0.05) is 17.2 Å². The van der Waals surface area contributed by atoms with Gasteiger partial charge in [-0.2, -0.15) is 0 Å². The summed E-state index contributed by atoms with van der Waals surface area (Å²) in [7, 11) is 1.30. The van der Waals surface area contributed by atoms with E-state index in [-0.39, 0.29) is 17.4 Å². The molecule has 1 aromatic heterocycles. The van der Waals surface area contributed by atoms with Crippen LogP contribution >= 0.6 is 23.4 Å². The summed E-state index contributed by atoms with van der Waals surface area (Å²) in [5.74, 6) is -0.634. The summed E-state index contributed by atoms with van der Waals surface area (Å²) in [5, 5.41) is 0.742. The summed E-state index contributed by atoms with van der Waals surface area (Å²) < 4.78 is 12.1. The molecule has 0 amide bonds. The smallest absolute Gasteiger partial charge is 0.337 e. The van der Waals surface area contributed by atoms with Crippen molar-refractivity contribution >= 4 is 46.0 Å². The number of aromatic nitrogens is 2. The number of carbonyl (C=O) groups excluding carboxylic acids is 2. The summed E-state index contributed by atoms with van der Waals surface area (Å²) in [6, 6.07) is 11.4. The van der Waals surface area contributed by atoms with E-state index in [4.69, 9.17) is 21.1 Å². The number of fused-ring (bicyclic) bond motifs is 1. The van der Waals surface area contributed by atoms with Crippen molar-refractivity contribution in [1.29, 1.82) is 0 Å². The van der Waals surface area contributed by atoms with Crippen LogP contribution in [0.3, 0.4) is 0 Å². The number of rotatable bonds is 7. The fourth-order valence-corrected chi connectivity index (χ4v) is 4.96. The monoisotopic (exact) mass is 486 g/mol. The van der Waals surface area contributed by atoms with Crippen molar-refractivity contribution in [3.8, 4) is 0 Å². The molecule has 0 saturated carbocycles. The number of ether oxygens (including phenoxy) is 2. The van der Waals surface area contributed by atoms with Gasteiger partial charge in [0.15, 0.2) is 10.9 Å². The molecular weight excluding hydrogens is 464 g/mol. The van der Waals surface area contributed by atoms with Gasteiger partial charge >= 0.3 is 5.97 Å². The van der Waals surface area contributed by atoms with E-state index in [1.165, 1.54) is 24.9 Å². The molecule has 2 aromatic carbocycles. The predicted octanol–water partition coefficient (Wildman–Crippen LogP) is 4.38. The van der Waals surface area contributed by atoms with Gasteiger partial charge in [-0.3, -0.25) is 14.2 Å². The largest absolute Gasteiger partial charge is 0.465 e. The van der Waals surface area contributed by atoms with Gasteiger partial charge in [0.1, 0.15) is 0 Å². The number of thioether (sulfide) groups is 1. The molecule has 2 unspecified atom stereocenters. The minimum absolute atomic E-state index is 0.0884. The van der Waals surface area contributed by atoms with Crippen LogP contribution in [0.1, 0.15) is 40.5 Å². The van der Waals surface area contributed by atoms with Gasteiger partial charge in [0.25, 0.3) is 5.56 Å². The van der Waals surface area contributed by atoms with Crippen molar-refractivity contribution < 1.29 is 19.1 Å². The molecule has 9 heteroatoms. The van der Waals surface area contributed by atoms with E-state index in [0.717, 1.165) is 12.8 Å². The first-order chi connectivity index (χ1) is 15.9. The lowest BCUT2D eigenvalue weighted by molar-refractivity contribution is 0.0600. The third kappa shape index (κ3) is 5.13. The SMILES string of the molecule is COC(=O)c1ccc2c(=O)n(CC3CCCO3)c(SC(C)C(=O)c3cccc(Cl)c3)nc2c1. The first kappa shape index (κ1) is 23.5. The van der Waals surface area contributed by atoms with Crippen LogP contribution in [0, 0.1) is 0 Å². The van der Waals surface area contributed by atoms with Crippen molar-refractivity contribution in [1.82, 2.24) is 9.55 Å². The maximum Gasteiger partial charge on any atom is 0.337 e. The van der Waals surface area contributed by atoms with E-state index < -0.39 is 11.2 Å². The maximum absolute atomic E-state index is 13.4. The van der Waals surface area contributed by atoms with Gasteiger partial charge in [-0.25, -0.2) is 9.78 Å². The highest BCUT2D eigenvalue weighted by Gasteiger charge is 2.24. The fourth-order valence-electron chi connectivity index (χ4n) is 3.78. The zero-order chi connectivity index (χ0) is 23.5. The Balaban J connectivity index is 1.74. The molecule has 4 rings (SSSR count). The molecule has 172 valence electrons. The van der Waals surface area contributed by atoms with E-state index >= 15 is 0 Å². The molecule has 2 atom stereocenters. The Hall–Kier alpha value is -2.68. The molecule has 3 aromatic rings. The van der Waals surface area contributed by atoms with Crippen LogP contribution in [-0.2, 0) is 16.0 Å². The van der Waals surface area contributed by atoms with E-state index in [1.807, 2.05) is 0 Å². The lowest BCUT2D eigenvalue weighted by Crippen LogP contribution is -2.29. The minimum Gasteiger partial charge on any atom is -0.465 e. The van der Waals surface area contributed by atoms with Gasteiger partial charge in [0.2, 0.25) is 0 Å². The van der Waals surface area contributed by atoms with Gasteiger partial charge in [-0.05, 0) is 50.1 Å². The van der Waals surface area contributed by atoms with Gasteiger partial charge in [-0.1, -0.05) is 35.5 Å². The van der Waals surface area contributed by atoms with Crippen LogP contribution in [0.2, 0.25) is 5.02 Å². The number of ketones is 1. The lowest BCUT2D eigenvalue weighted by atomic mass is 10.1. The Kier molecular flexibility index (Phi) is 7.17. The second-order valence-electron chi connectivity index (χ2n) is 7.80. The predicted molar refractivity (Wildman–Crippen MR) is 127 cm³/mol. The summed E-state index contributed by atoms with van der Waals surface area (Å²) >= 11 is 7.24. The molecule has 33 heavy (non-hydrogen) atoms. The first-order valence-corrected chi connectivity index (χ1v) is 11.8. The van der Waals surface area contributed by atoms with Crippen LogP contribution in [0.4, 0.5) is 0 Å². The number of methoxy groups -OCH3 is 1. The second-order valence-corrected chi connectivity index (χ2v) is 9.55. The van der Waals surface area contributed by atoms with Gasteiger partial charge in [0.05, 0.1) is 41.5 Å². The molecular formula is C24H23ClN2O5S. The molecule has 1 saturated heterocycles. The number of hydrogen-bond acceptors (Lipinski definition) is 7. The number of halogens is 1. The van der Waals surface area contributed by atoms with Gasteiger partial charge in [-0.15, -0.1) is 0 Å². The highest BCUT2D eigenvalue weighted by atomic mass is 35.5. The molecule has 7 nitrogen and oxygen atoms in total. The quantitative estimate of drug-likeness (QED) is 0.212. The minimum atomic E-state index is -0.521. The van der Waals surface area contributed by atoms with Crippen LogP contribution in [0.25, 0.3) is 10.9 Å². The Labute approximate surface area is 200 Å². The number of Topliss-reactive ketones (excluding diaryl/α,β-unsaturated/α-hetero) is 1. The molecule has 1 aliphatic rings. The number of nitrogens with zero attached hydrogens (tertiary/aromatic N) is 2. The standard InChI is InChI=1S/C24H23ClN2O5S/c1-14(21(28)15-5-3-6-17(25)11-15)33-24-26-20-12-16(23(30)31-2)8-9-19(20)22(29)27(24)13-18-7-4-10-32-18/h3,5-6,8-9,11-12,14,18H,4,7,10,13H2,1-2H3. The lowest BCUT2D eigenvalue weighted by Gasteiger charge is -2.18. The Morgan fingerprint density at radius 1 is 1.27 bits per heavy atom. The third-order valence-corrected chi connectivity index (χ3v) is 6.84. The molecule has 0 bridgehead atoms. The molecule has 2 heterocycles. The van der Waals surface area contributed by atoms with E-state index in [9.17, 15) is 14.4 Å². The van der Waals surface area contributed by atoms with Crippen molar-refractivity contribution in [2.24, 2.45) is 0 Å². The summed E-state index contributed by atoms with van der Waals surface area (Å²) in [4.78, 5) is 43.0. The molecule has 1 fully saturated rings. The van der Waals surface area contributed by atoms with Crippen LogP contribution in [0.5, 0.6) is 0 Å². The topological polar surface area (TPSA) is 87.5 Å². The summed E-state index contributed by atoms with van der Waals surface area (Å²) in [5.41, 5.74) is 0.922. The van der Waals surface area contributed by atoms with Crippen LogP contribution < -0.4 is 5.56 Å². The average molecular weight is 487 g/mol. The molecule has 0 N–H and O–H groups in total. The van der Waals surface area contributed by atoms with Crippen molar-refractivity contribution in [3.63, 3.8) is 0 Å². The number of esters is 1. The first-order valence-electron chi connectivity index (χ1n) is 10.6. The number of hydrogen-bond donors (Lipinski definition) is 0. The highest BCUT2D eigenvalue weighted by molar-refractivity contribution is 8.00. The second kappa shape index (κ2) is 10.1. The third-order valence-electron chi connectivity index (χ3n) is 5.51. The molecule has 0 spiro atoms. The normalized spacial score (nSPS) is 16.6. The number of benzene rings is 2. The average Bonchev–Trinajstić information content (AvgIpc) is 3.33. The summed E-state index contributed by atoms with van der Waals surface area (Å²) in [6.07, 6.45) is 1.71. The Morgan fingerprint density at radius 2 is 2.09 bits per heavy atom. The number of carbonyl (C=O) groups is 2. The molecule has 0 aliphatic carbocycles.